The lowest BCUT2D eigenvalue weighted by atomic mass is 10.3. The third kappa shape index (κ3) is 2.58. The fourth-order valence-electron chi connectivity index (χ4n) is 0.652. The van der Waals surface area contributed by atoms with Crippen molar-refractivity contribution in [1.82, 2.24) is 5.32 Å². The lowest BCUT2D eigenvalue weighted by Crippen LogP contribution is -2.36. The summed E-state index contributed by atoms with van der Waals surface area (Å²) in [4.78, 5) is 3.79. The minimum absolute atomic E-state index is 0.0116. The summed E-state index contributed by atoms with van der Waals surface area (Å²) in [7, 11) is 3.47. The number of hydrogen-bond acceptors (Lipinski definition) is 3. The Hall–Kier alpha value is -0.410. The summed E-state index contributed by atoms with van der Waals surface area (Å²) in [5.41, 5.74) is 0. The molecule has 0 rings (SSSR count). The minimum Gasteiger partial charge on any atom is -0.364 e. The van der Waals surface area contributed by atoms with Crippen LogP contribution in [0.5, 0.6) is 0 Å². The van der Waals surface area contributed by atoms with Gasteiger partial charge in [0.2, 0.25) is 0 Å². The van der Waals surface area contributed by atoms with Crippen LogP contribution in [0.4, 0.5) is 0 Å². The quantitative estimate of drug-likeness (QED) is 0.437. The maximum Gasteiger partial charge on any atom is 0.129 e. The third-order valence-electron chi connectivity index (χ3n) is 1.26. The van der Waals surface area contributed by atoms with E-state index in [1.54, 1.807) is 7.11 Å². The Labute approximate surface area is 56.1 Å². The van der Waals surface area contributed by atoms with Gasteiger partial charge in [0.05, 0.1) is 6.04 Å². The van der Waals surface area contributed by atoms with Gasteiger partial charge < -0.3 is 4.74 Å². The van der Waals surface area contributed by atoms with Gasteiger partial charge in [-0.05, 0) is 20.7 Å². The van der Waals surface area contributed by atoms with Gasteiger partial charge in [0.15, 0.2) is 0 Å². The average molecular weight is 130 g/mol. The molecule has 3 heteroatoms. The Bertz CT molecular complexity index is 81.1. The monoisotopic (exact) mass is 130 g/mol. The van der Waals surface area contributed by atoms with Crippen molar-refractivity contribution in [1.29, 1.82) is 0 Å². The second kappa shape index (κ2) is 4.47. The largest absolute Gasteiger partial charge is 0.364 e. The summed E-state index contributed by atoms with van der Waals surface area (Å²) in [5.74, 6) is 0. The molecule has 2 atom stereocenters. The van der Waals surface area contributed by atoms with E-state index in [4.69, 9.17) is 4.74 Å². The van der Waals surface area contributed by atoms with E-state index in [1.807, 2.05) is 14.0 Å². The van der Waals surface area contributed by atoms with Crippen LogP contribution < -0.4 is 5.32 Å². The number of nitrogens with zero attached hydrogens (tertiary/aromatic N) is 1. The highest BCUT2D eigenvalue weighted by Gasteiger charge is 2.10. The molecule has 0 bridgehead atoms. The summed E-state index contributed by atoms with van der Waals surface area (Å²) < 4.78 is 5.01. The van der Waals surface area contributed by atoms with E-state index >= 15 is 0 Å². The molecule has 0 fully saturated rings. The van der Waals surface area contributed by atoms with E-state index in [9.17, 15) is 0 Å². The van der Waals surface area contributed by atoms with Crippen molar-refractivity contribution < 1.29 is 4.74 Å². The molecular formula is C6H14N2O. The summed E-state index contributed by atoms with van der Waals surface area (Å²) in [6.45, 7) is 5.35. The van der Waals surface area contributed by atoms with Crippen molar-refractivity contribution in [3.05, 3.63) is 0 Å². The number of methoxy groups -OCH3 is 1. The molecule has 2 unspecified atom stereocenters. The van der Waals surface area contributed by atoms with Gasteiger partial charge in [-0.2, -0.15) is 0 Å². The molecular weight excluding hydrogens is 116 g/mol. The number of likely N-dealkylation sites (N-methyl/N-ethyl adjacent to an activating group) is 1. The highest BCUT2D eigenvalue weighted by Crippen LogP contribution is 1.95. The maximum atomic E-state index is 5.01. The fourth-order valence-corrected chi connectivity index (χ4v) is 0.652. The number of rotatable bonds is 4. The van der Waals surface area contributed by atoms with Gasteiger partial charge in [-0.15, -0.1) is 0 Å². The molecule has 0 aromatic carbocycles. The molecule has 0 aliphatic rings. The Morgan fingerprint density at radius 1 is 1.67 bits per heavy atom. The van der Waals surface area contributed by atoms with Gasteiger partial charge in [0.1, 0.15) is 6.23 Å². The van der Waals surface area contributed by atoms with E-state index in [2.05, 4.69) is 17.0 Å². The zero-order valence-electron chi connectivity index (χ0n) is 6.22. The number of ether oxygens (including phenoxy) is 1. The number of nitrogens with one attached hydrogen (secondary N) is 1. The molecule has 0 spiro atoms. The van der Waals surface area contributed by atoms with Gasteiger partial charge in [0.25, 0.3) is 0 Å². The predicted molar refractivity (Wildman–Crippen MR) is 38.9 cm³/mol. The highest BCUT2D eigenvalue weighted by atomic mass is 16.5. The van der Waals surface area contributed by atoms with Crippen LogP contribution in [0.1, 0.15) is 6.92 Å². The van der Waals surface area contributed by atoms with Crippen LogP contribution in [0, 0.1) is 0 Å². The molecule has 1 N–H and O–H groups in total. The molecule has 54 valence electrons. The standard InChI is InChI=1S/C6H14N2O/c1-5(7-2)6(8-3)9-4/h5-6,8H,2H2,1,3-4H3. The van der Waals surface area contributed by atoms with Gasteiger partial charge in [-0.25, -0.2) is 0 Å². The average Bonchev–Trinajstić information content (AvgIpc) is 1.90. The first-order valence-corrected chi connectivity index (χ1v) is 2.92. The lowest BCUT2D eigenvalue weighted by molar-refractivity contribution is 0.0648. The van der Waals surface area contributed by atoms with Crippen molar-refractivity contribution in [2.75, 3.05) is 14.2 Å². The second-order valence-corrected chi connectivity index (χ2v) is 1.87. The first-order valence-electron chi connectivity index (χ1n) is 2.92. The molecule has 0 aromatic heterocycles. The molecule has 0 amide bonds. The number of hydrogen-bond donors (Lipinski definition) is 1. The minimum atomic E-state index is -0.0116. The zero-order valence-corrected chi connectivity index (χ0v) is 6.22. The summed E-state index contributed by atoms with van der Waals surface area (Å²) in [6.07, 6.45) is -0.0116. The fraction of sp³-hybridized carbons (Fsp3) is 0.833. The highest BCUT2D eigenvalue weighted by molar-refractivity contribution is 5.24. The first-order chi connectivity index (χ1) is 4.26. The van der Waals surface area contributed by atoms with Gasteiger partial charge in [-0.3, -0.25) is 10.3 Å². The Balaban J connectivity index is 3.63. The topological polar surface area (TPSA) is 33.6 Å². The number of aliphatic imine (C=N–C) groups is 1. The molecule has 0 saturated heterocycles. The summed E-state index contributed by atoms with van der Waals surface area (Å²) in [6, 6.07) is 0.111. The Morgan fingerprint density at radius 2 is 2.22 bits per heavy atom. The van der Waals surface area contributed by atoms with Gasteiger partial charge in [0, 0.05) is 7.11 Å². The third-order valence-corrected chi connectivity index (χ3v) is 1.26. The summed E-state index contributed by atoms with van der Waals surface area (Å²) in [5, 5.41) is 2.95. The van der Waals surface area contributed by atoms with Crippen molar-refractivity contribution in [3.8, 4) is 0 Å². The van der Waals surface area contributed by atoms with Crippen molar-refractivity contribution >= 4 is 6.72 Å². The van der Waals surface area contributed by atoms with E-state index in [1.165, 1.54) is 0 Å². The molecule has 0 radical (unpaired) electrons. The van der Waals surface area contributed by atoms with Crippen LogP contribution in [0.2, 0.25) is 0 Å². The van der Waals surface area contributed by atoms with Crippen LogP contribution in [-0.2, 0) is 4.74 Å². The normalized spacial score (nSPS) is 16.8. The molecule has 0 heterocycles. The SMILES string of the molecule is C=NC(C)C(NC)OC. The van der Waals surface area contributed by atoms with Crippen molar-refractivity contribution in [3.63, 3.8) is 0 Å². The maximum absolute atomic E-state index is 5.01. The Morgan fingerprint density at radius 3 is 2.33 bits per heavy atom. The Kier molecular flexibility index (Phi) is 4.26. The van der Waals surface area contributed by atoms with Crippen LogP contribution >= 0.6 is 0 Å². The van der Waals surface area contributed by atoms with Crippen molar-refractivity contribution in [2.45, 2.75) is 19.2 Å². The molecule has 3 nitrogen and oxygen atoms in total. The van der Waals surface area contributed by atoms with E-state index < -0.39 is 0 Å². The van der Waals surface area contributed by atoms with E-state index in [0.29, 0.717) is 0 Å². The molecule has 0 aliphatic carbocycles. The molecule has 0 saturated carbocycles. The van der Waals surface area contributed by atoms with Gasteiger partial charge in [-0.1, -0.05) is 0 Å². The van der Waals surface area contributed by atoms with Crippen LogP contribution in [0.15, 0.2) is 4.99 Å². The first kappa shape index (κ1) is 8.59. The van der Waals surface area contributed by atoms with Gasteiger partial charge >= 0.3 is 0 Å². The molecule has 0 aromatic rings. The van der Waals surface area contributed by atoms with Crippen LogP contribution in [0.25, 0.3) is 0 Å². The lowest BCUT2D eigenvalue weighted by Gasteiger charge is -2.17. The second-order valence-electron chi connectivity index (χ2n) is 1.87. The molecule has 9 heavy (non-hydrogen) atoms. The smallest absolute Gasteiger partial charge is 0.129 e. The van der Waals surface area contributed by atoms with Crippen LogP contribution in [-0.4, -0.2) is 33.1 Å². The van der Waals surface area contributed by atoms with E-state index in [0.717, 1.165) is 0 Å². The van der Waals surface area contributed by atoms with E-state index in [-0.39, 0.29) is 12.3 Å². The van der Waals surface area contributed by atoms with Crippen molar-refractivity contribution in [2.24, 2.45) is 4.99 Å². The molecule has 0 aliphatic heterocycles. The predicted octanol–water partition coefficient (Wildman–Crippen LogP) is 0.267. The van der Waals surface area contributed by atoms with Crippen LogP contribution in [0.3, 0.4) is 0 Å². The summed E-state index contributed by atoms with van der Waals surface area (Å²) >= 11 is 0. The zero-order chi connectivity index (χ0) is 7.28.